The van der Waals surface area contributed by atoms with Crippen LogP contribution in [0.2, 0.25) is 0 Å². The van der Waals surface area contributed by atoms with Gasteiger partial charge in [0.05, 0.1) is 13.2 Å². The van der Waals surface area contributed by atoms with E-state index in [0.29, 0.717) is 26.3 Å². The van der Waals surface area contributed by atoms with E-state index in [-0.39, 0.29) is 11.9 Å². The Morgan fingerprint density at radius 1 is 1.42 bits per heavy atom. The first-order valence-corrected chi connectivity index (χ1v) is 7.26. The third kappa shape index (κ3) is 3.70. The molecule has 1 aliphatic heterocycles. The number of ether oxygens (including phenoxy) is 1. The van der Waals surface area contributed by atoms with Crippen LogP contribution in [0.3, 0.4) is 0 Å². The van der Waals surface area contributed by atoms with Crippen LogP contribution >= 0.6 is 15.9 Å². The fourth-order valence-corrected chi connectivity index (χ4v) is 2.70. The van der Waals surface area contributed by atoms with Crippen molar-refractivity contribution in [3.63, 3.8) is 0 Å². The lowest BCUT2D eigenvalue weighted by molar-refractivity contribution is -0.135. The monoisotopic (exact) mass is 326 g/mol. The van der Waals surface area contributed by atoms with Crippen molar-refractivity contribution in [3.8, 4) is 0 Å². The van der Waals surface area contributed by atoms with Crippen molar-refractivity contribution in [3.05, 3.63) is 28.2 Å². The number of anilines is 1. The van der Waals surface area contributed by atoms with Gasteiger partial charge in [0.25, 0.3) is 0 Å². The zero-order valence-corrected chi connectivity index (χ0v) is 12.9. The van der Waals surface area contributed by atoms with Crippen molar-refractivity contribution >= 4 is 27.5 Å². The molecule has 1 heterocycles. The van der Waals surface area contributed by atoms with Gasteiger partial charge in [-0.3, -0.25) is 4.79 Å². The highest BCUT2D eigenvalue weighted by Gasteiger charge is 2.22. The van der Waals surface area contributed by atoms with Gasteiger partial charge in [0, 0.05) is 23.2 Å². The summed E-state index contributed by atoms with van der Waals surface area (Å²) in [6.07, 6.45) is 0. The van der Waals surface area contributed by atoms with Crippen LogP contribution in [0.15, 0.2) is 22.7 Å². The van der Waals surface area contributed by atoms with Gasteiger partial charge in [0.2, 0.25) is 5.91 Å². The lowest BCUT2D eigenvalue weighted by Crippen LogP contribution is -2.47. The molecule has 0 aliphatic carbocycles. The molecule has 1 aromatic rings. The number of carbonyl (C=O) groups excluding carboxylic acids is 1. The molecular weight excluding hydrogens is 308 g/mol. The summed E-state index contributed by atoms with van der Waals surface area (Å²) in [5.41, 5.74) is 2.13. The molecule has 104 valence electrons. The maximum Gasteiger partial charge on any atom is 0.244 e. The largest absolute Gasteiger partial charge is 0.378 e. The molecule has 0 radical (unpaired) electrons. The van der Waals surface area contributed by atoms with E-state index in [9.17, 15) is 4.79 Å². The molecule has 1 aromatic carbocycles. The zero-order chi connectivity index (χ0) is 13.8. The molecule has 1 aliphatic rings. The Hall–Kier alpha value is -1.07. The number of carbonyl (C=O) groups is 1. The standard InChI is InChI=1S/C14H19BrN2O2/c1-10-3-4-13(12(15)9-10)16-11(2)14(18)17-5-7-19-8-6-17/h3-4,9,11,16H,5-8H2,1-2H3. The van der Waals surface area contributed by atoms with Crippen LogP contribution in [0.1, 0.15) is 12.5 Å². The topological polar surface area (TPSA) is 41.6 Å². The number of morpholine rings is 1. The van der Waals surface area contributed by atoms with E-state index >= 15 is 0 Å². The van der Waals surface area contributed by atoms with Gasteiger partial charge in [-0.15, -0.1) is 0 Å². The highest BCUT2D eigenvalue weighted by molar-refractivity contribution is 9.10. The van der Waals surface area contributed by atoms with Gasteiger partial charge in [0.15, 0.2) is 0 Å². The van der Waals surface area contributed by atoms with Crippen molar-refractivity contribution in [2.45, 2.75) is 19.9 Å². The summed E-state index contributed by atoms with van der Waals surface area (Å²) >= 11 is 3.51. The number of nitrogens with zero attached hydrogens (tertiary/aromatic N) is 1. The van der Waals surface area contributed by atoms with Crippen LogP contribution in [0.4, 0.5) is 5.69 Å². The number of halogens is 1. The summed E-state index contributed by atoms with van der Waals surface area (Å²) in [5.74, 6) is 0.121. The fraction of sp³-hybridized carbons (Fsp3) is 0.500. The molecule has 0 aromatic heterocycles. The lowest BCUT2D eigenvalue weighted by atomic mass is 10.2. The van der Waals surface area contributed by atoms with Gasteiger partial charge < -0.3 is 15.0 Å². The van der Waals surface area contributed by atoms with Crippen molar-refractivity contribution in [1.29, 1.82) is 0 Å². The minimum Gasteiger partial charge on any atom is -0.378 e. The number of amides is 1. The van der Waals surface area contributed by atoms with Crippen LogP contribution in [0.5, 0.6) is 0 Å². The summed E-state index contributed by atoms with van der Waals surface area (Å²) in [6, 6.07) is 5.81. The van der Waals surface area contributed by atoms with Gasteiger partial charge >= 0.3 is 0 Å². The molecule has 4 nitrogen and oxygen atoms in total. The minimum absolute atomic E-state index is 0.121. The van der Waals surface area contributed by atoms with Crippen LogP contribution < -0.4 is 5.32 Å². The van der Waals surface area contributed by atoms with E-state index in [1.165, 1.54) is 5.56 Å². The fourth-order valence-electron chi connectivity index (χ4n) is 2.09. The van der Waals surface area contributed by atoms with Crippen LogP contribution in [-0.2, 0) is 9.53 Å². The third-order valence-corrected chi connectivity index (χ3v) is 3.85. The lowest BCUT2D eigenvalue weighted by Gasteiger charge is -2.30. The summed E-state index contributed by atoms with van der Waals surface area (Å²) in [4.78, 5) is 14.1. The summed E-state index contributed by atoms with van der Waals surface area (Å²) < 4.78 is 6.24. The SMILES string of the molecule is Cc1ccc(NC(C)C(=O)N2CCOCC2)c(Br)c1. The number of rotatable bonds is 3. The predicted molar refractivity (Wildman–Crippen MR) is 79.4 cm³/mol. The summed E-state index contributed by atoms with van der Waals surface area (Å²) in [5, 5.41) is 3.26. The van der Waals surface area contributed by atoms with Gasteiger partial charge in [-0.1, -0.05) is 6.07 Å². The third-order valence-electron chi connectivity index (χ3n) is 3.19. The molecule has 1 fully saturated rings. The van der Waals surface area contributed by atoms with E-state index in [1.807, 2.05) is 36.9 Å². The summed E-state index contributed by atoms with van der Waals surface area (Å²) in [6.45, 7) is 6.56. The molecule has 0 bridgehead atoms. The van der Waals surface area contributed by atoms with Gasteiger partial charge in [-0.25, -0.2) is 0 Å². The minimum atomic E-state index is -0.239. The van der Waals surface area contributed by atoms with Crippen molar-refractivity contribution < 1.29 is 9.53 Å². The highest BCUT2D eigenvalue weighted by atomic mass is 79.9. The Kier molecular flexibility index (Phi) is 4.82. The molecule has 5 heteroatoms. The second kappa shape index (κ2) is 6.39. The number of benzene rings is 1. The Morgan fingerprint density at radius 2 is 2.11 bits per heavy atom. The molecule has 1 saturated heterocycles. The van der Waals surface area contributed by atoms with Gasteiger partial charge in [-0.2, -0.15) is 0 Å². The Bertz CT molecular complexity index is 459. The van der Waals surface area contributed by atoms with E-state index < -0.39 is 0 Å². The average molecular weight is 327 g/mol. The Morgan fingerprint density at radius 3 is 2.74 bits per heavy atom. The van der Waals surface area contributed by atoms with Crippen LogP contribution in [0, 0.1) is 6.92 Å². The first kappa shape index (κ1) is 14.3. The number of hydrogen-bond donors (Lipinski definition) is 1. The molecule has 1 amide bonds. The number of nitrogens with one attached hydrogen (secondary N) is 1. The van der Waals surface area contributed by atoms with Gasteiger partial charge in [-0.05, 0) is 47.5 Å². The molecule has 0 spiro atoms. The molecule has 19 heavy (non-hydrogen) atoms. The Labute approximate surface area is 122 Å². The van der Waals surface area contributed by atoms with E-state index in [4.69, 9.17) is 4.74 Å². The second-order valence-electron chi connectivity index (χ2n) is 4.79. The molecule has 1 atom stereocenters. The molecule has 1 N–H and O–H groups in total. The van der Waals surface area contributed by atoms with Crippen molar-refractivity contribution in [1.82, 2.24) is 4.90 Å². The Balaban J connectivity index is 1.99. The van der Waals surface area contributed by atoms with E-state index in [0.717, 1.165) is 10.2 Å². The van der Waals surface area contributed by atoms with Crippen molar-refractivity contribution in [2.75, 3.05) is 31.6 Å². The highest BCUT2D eigenvalue weighted by Crippen LogP contribution is 2.24. The molecule has 1 unspecified atom stereocenters. The normalized spacial score (nSPS) is 17.1. The smallest absolute Gasteiger partial charge is 0.244 e. The van der Waals surface area contributed by atoms with E-state index in [2.05, 4.69) is 21.2 Å². The second-order valence-corrected chi connectivity index (χ2v) is 5.64. The first-order valence-electron chi connectivity index (χ1n) is 6.47. The van der Waals surface area contributed by atoms with Crippen LogP contribution in [0.25, 0.3) is 0 Å². The molecule has 0 saturated carbocycles. The molecular formula is C14H19BrN2O2. The van der Waals surface area contributed by atoms with E-state index in [1.54, 1.807) is 0 Å². The predicted octanol–water partition coefficient (Wildman–Crippen LogP) is 2.42. The van der Waals surface area contributed by atoms with Crippen LogP contribution in [-0.4, -0.2) is 43.2 Å². The van der Waals surface area contributed by atoms with Gasteiger partial charge in [0.1, 0.15) is 6.04 Å². The van der Waals surface area contributed by atoms with Crippen molar-refractivity contribution in [2.24, 2.45) is 0 Å². The molecule has 2 rings (SSSR count). The number of aryl methyl sites for hydroxylation is 1. The first-order chi connectivity index (χ1) is 9.08. The average Bonchev–Trinajstić information content (AvgIpc) is 2.42. The maximum absolute atomic E-state index is 12.3. The quantitative estimate of drug-likeness (QED) is 0.927. The maximum atomic E-state index is 12.3. The summed E-state index contributed by atoms with van der Waals surface area (Å²) in [7, 11) is 0. The zero-order valence-electron chi connectivity index (χ0n) is 11.3. The number of hydrogen-bond acceptors (Lipinski definition) is 3.